The van der Waals surface area contributed by atoms with E-state index in [0.29, 0.717) is 17.1 Å². The van der Waals surface area contributed by atoms with E-state index in [1.165, 1.54) is 16.9 Å². The number of thiophene rings is 1. The van der Waals surface area contributed by atoms with Crippen LogP contribution in [0.1, 0.15) is 26.5 Å². The van der Waals surface area contributed by atoms with Crippen molar-refractivity contribution in [2.45, 2.75) is 20.3 Å². The Hall–Kier alpha value is -2.40. The first-order valence-corrected chi connectivity index (χ1v) is 8.36. The largest absolute Gasteiger partial charge is 0.397 e. The lowest BCUT2D eigenvalue weighted by molar-refractivity contribution is 0.0959. The minimum atomic E-state index is -0.126. The molecule has 1 amide bonds. The smallest absolute Gasteiger partial charge is 0.263 e. The molecule has 0 saturated carbocycles. The number of benzene rings is 1. The number of aryl methyl sites for hydroxylation is 2. The Kier molecular flexibility index (Phi) is 4.30. The number of nitrogens with one attached hydrogen (secondary N) is 1. The molecule has 2 aromatic heterocycles. The summed E-state index contributed by atoms with van der Waals surface area (Å²) in [4.78, 5) is 18.3. The molecule has 3 aromatic rings. The lowest BCUT2D eigenvalue weighted by Crippen LogP contribution is -2.25. The van der Waals surface area contributed by atoms with Gasteiger partial charge in [-0.25, -0.2) is 4.98 Å². The highest BCUT2D eigenvalue weighted by atomic mass is 32.1. The molecule has 23 heavy (non-hydrogen) atoms. The van der Waals surface area contributed by atoms with Crippen molar-refractivity contribution >= 4 is 33.1 Å². The number of nitrogen functional groups attached to an aromatic ring is 1. The number of anilines is 1. The number of aromatic nitrogens is 1. The van der Waals surface area contributed by atoms with Crippen molar-refractivity contribution < 1.29 is 4.79 Å². The molecule has 0 aliphatic heterocycles. The van der Waals surface area contributed by atoms with Crippen LogP contribution in [0.25, 0.3) is 10.2 Å². The van der Waals surface area contributed by atoms with Crippen molar-refractivity contribution in [1.82, 2.24) is 10.3 Å². The average molecular weight is 325 g/mol. The van der Waals surface area contributed by atoms with Crippen molar-refractivity contribution in [2.75, 3.05) is 12.3 Å². The van der Waals surface area contributed by atoms with Crippen molar-refractivity contribution in [2.24, 2.45) is 0 Å². The van der Waals surface area contributed by atoms with E-state index in [2.05, 4.69) is 22.4 Å². The van der Waals surface area contributed by atoms with Gasteiger partial charge in [0.25, 0.3) is 5.91 Å². The second-order valence-electron chi connectivity index (χ2n) is 5.60. The summed E-state index contributed by atoms with van der Waals surface area (Å²) in [7, 11) is 0. The predicted octanol–water partition coefficient (Wildman–Crippen LogP) is 3.47. The normalized spacial score (nSPS) is 10.9. The van der Waals surface area contributed by atoms with Gasteiger partial charge in [-0.3, -0.25) is 4.79 Å². The van der Waals surface area contributed by atoms with Crippen molar-refractivity contribution in [3.8, 4) is 0 Å². The molecule has 0 saturated heterocycles. The van der Waals surface area contributed by atoms with Crippen molar-refractivity contribution in [3.05, 3.63) is 58.1 Å². The van der Waals surface area contributed by atoms with Gasteiger partial charge in [0.1, 0.15) is 9.71 Å². The van der Waals surface area contributed by atoms with E-state index in [1.54, 1.807) is 0 Å². The highest BCUT2D eigenvalue weighted by molar-refractivity contribution is 7.21. The van der Waals surface area contributed by atoms with Crippen LogP contribution in [-0.4, -0.2) is 17.4 Å². The van der Waals surface area contributed by atoms with Crippen LogP contribution in [0.3, 0.4) is 0 Å². The number of nitrogens with two attached hydrogens (primary N) is 1. The fraction of sp³-hybridized carbons (Fsp3) is 0.222. The maximum atomic E-state index is 12.4. The summed E-state index contributed by atoms with van der Waals surface area (Å²) in [6.45, 7) is 4.53. The quantitative estimate of drug-likeness (QED) is 0.772. The number of fused-ring (bicyclic) bond motifs is 1. The van der Waals surface area contributed by atoms with Gasteiger partial charge in [-0.05, 0) is 37.5 Å². The number of amides is 1. The van der Waals surface area contributed by atoms with Crippen LogP contribution in [0.15, 0.2) is 36.4 Å². The number of rotatable bonds is 4. The minimum absolute atomic E-state index is 0.126. The number of carbonyl (C=O) groups excluding carboxylic acids is 1. The van der Waals surface area contributed by atoms with Crippen molar-refractivity contribution in [1.29, 1.82) is 0 Å². The summed E-state index contributed by atoms with van der Waals surface area (Å²) >= 11 is 1.36. The van der Waals surface area contributed by atoms with Crippen LogP contribution in [-0.2, 0) is 6.42 Å². The van der Waals surface area contributed by atoms with E-state index in [4.69, 9.17) is 5.73 Å². The van der Waals surface area contributed by atoms with Crippen LogP contribution in [0.4, 0.5) is 5.69 Å². The Labute approximate surface area is 139 Å². The Morgan fingerprint density at radius 2 is 2.00 bits per heavy atom. The summed E-state index contributed by atoms with van der Waals surface area (Å²) in [6, 6.07) is 12.1. The maximum Gasteiger partial charge on any atom is 0.263 e. The first kappa shape index (κ1) is 15.5. The summed E-state index contributed by atoms with van der Waals surface area (Å²) in [5, 5.41) is 3.84. The summed E-state index contributed by atoms with van der Waals surface area (Å²) in [5.41, 5.74) is 9.91. The molecule has 1 aromatic carbocycles. The number of hydrogen-bond donors (Lipinski definition) is 2. The van der Waals surface area contributed by atoms with Crippen molar-refractivity contribution in [3.63, 3.8) is 0 Å². The van der Waals surface area contributed by atoms with Gasteiger partial charge in [0.05, 0.1) is 5.69 Å². The highest BCUT2D eigenvalue weighted by Gasteiger charge is 2.18. The van der Waals surface area contributed by atoms with E-state index in [1.807, 2.05) is 38.1 Å². The standard InChI is InChI=1S/C18H19N3OS/c1-11-10-12(2)21-18-14(11)15(19)16(23-18)17(22)20-9-8-13-6-4-3-5-7-13/h3-7,10H,8-9,19H2,1-2H3,(H,20,22). The molecule has 0 radical (unpaired) electrons. The summed E-state index contributed by atoms with van der Waals surface area (Å²) in [6.07, 6.45) is 0.799. The van der Waals surface area contributed by atoms with E-state index in [-0.39, 0.29) is 5.91 Å². The van der Waals surface area contributed by atoms with E-state index < -0.39 is 0 Å². The zero-order valence-electron chi connectivity index (χ0n) is 13.2. The monoisotopic (exact) mass is 325 g/mol. The van der Waals surface area contributed by atoms with Crippen LogP contribution < -0.4 is 11.1 Å². The van der Waals surface area contributed by atoms with Crippen LogP contribution in [0.5, 0.6) is 0 Å². The van der Waals surface area contributed by atoms with Gasteiger partial charge in [0.15, 0.2) is 0 Å². The Morgan fingerprint density at radius 1 is 1.26 bits per heavy atom. The number of carbonyl (C=O) groups is 1. The third kappa shape index (κ3) is 3.19. The summed E-state index contributed by atoms with van der Waals surface area (Å²) < 4.78 is 0. The number of pyridine rings is 1. The van der Waals surface area contributed by atoms with Gasteiger partial charge in [-0.15, -0.1) is 11.3 Å². The fourth-order valence-corrected chi connectivity index (χ4v) is 3.82. The van der Waals surface area contributed by atoms with Gasteiger partial charge in [0, 0.05) is 17.6 Å². The van der Waals surface area contributed by atoms with Gasteiger partial charge in [0.2, 0.25) is 0 Å². The maximum absolute atomic E-state index is 12.4. The van der Waals surface area contributed by atoms with Crippen LogP contribution in [0, 0.1) is 13.8 Å². The molecule has 5 heteroatoms. The molecule has 3 N–H and O–H groups in total. The van der Waals surface area contributed by atoms with Gasteiger partial charge in [-0.1, -0.05) is 30.3 Å². The van der Waals surface area contributed by atoms with Gasteiger partial charge < -0.3 is 11.1 Å². The minimum Gasteiger partial charge on any atom is -0.397 e. The molecule has 0 spiro atoms. The molecule has 0 aliphatic carbocycles. The molecule has 0 bridgehead atoms. The van der Waals surface area contributed by atoms with E-state index >= 15 is 0 Å². The molecule has 0 atom stereocenters. The SMILES string of the molecule is Cc1cc(C)c2c(N)c(C(=O)NCCc3ccccc3)sc2n1. The van der Waals surface area contributed by atoms with Crippen LogP contribution in [0.2, 0.25) is 0 Å². The third-order valence-electron chi connectivity index (χ3n) is 3.77. The van der Waals surface area contributed by atoms with Crippen LogP contribution >= 0.6 is 11.3 Å². The Bertz CT molecular complexity index is 856. The Balaban J connectivity index is 1.76. The number of hydrogen-bond acceptors (Lipinski definition) is 4. The molecule has 0 aliphatic rings. The lowest BCUT2D eigenvalue weighted by atomic mass is 10.1. The average Bonchev–Trinajstić information content (AvgIpc) is 2.85. The third-order valence-corrected chi connectivity index (χ3v) is 4.87. The zero-order valence-corrected chi connectivity index (χ0v) is 14.0. The molecule has 3 rings (SSSR count). The molecular weight excluding hydrogens is 306 g/mol. The lowest BCUT2D eigenvalue weighted by Gasteiger charge is -2.05. The molecule has 118 valence electrons. The van der Waals surface area contributed by atoms with E-state index in [0.717, 1.165) is 27.9 Å². The predicted molar refractivity (Wildman–Crippen MR) is 96.0 cm³/mol. The molecule has 0 unspecified atom stereocenters. The van der Waals surface area contributed by atoms with E-state index in [9.17, 15) is 4.79 Å². The topological polar surface area (TPSA) is 68.0 Å². The number of nitrogens with zero attached hydrogens (tertiary/aromatic N) is 1. The fourth-order valence-electron chi connectivity index (χ4n) is 2.68. The second kappa shape index (κ2) is 6.38. The van der Waals surface area contributed by atoms with Gasteiger partial charge >= 0.3 is 0 Å². The molecule has 4 nitrogen and oxygen atoms in total. The molecule has 2 heterocycles. The molecular formula is C18H19N3OS. The van der Waals surface area contributed by atoms with Gasteiger partial charge in [-0.2, -0.15) is 0 Å². The second-order valence-corrected chi connectivity index (χ2v) is 6.60. The highest BCUT2D eigenvalue weighted by Crippen LogP contribution is 2.34. The zero-order chi connectivity index (χ0) is 16.4. The summed E-state index contributed by atoms with van der Waals surface area (Å²) in [5.74, 6) is -0.126. The first-order valence-electron chi connectivity index (χ1n) is 7.54. The molecule has 0 fully saturated rings. The first-order chi connectivity index (χ1) is 11.1. The Morgan fingerprint density at radius 3 is 2.74 bits per heavy atom.